The first-order valence-corrected chi connectivity index (χ1v) is 8.02. The number of hydrogen-bond donors (Lipinski definition) is 1. The van der Waals surface area contributed by atoms with Gasteiger partial charge in [0.25, 0.3) is 0 Å². The summed E-state index contributed by atoms with van der Waals surface area (Å²) in [5.74, 6) is -0.0199. The molecule has 0 aliphatic carbocycles. The molecule has 2 heterocycles. The predicted octanol–water partition coefficient (Wildman–Crippen LogP) is 2.52. The molecular weight excluding hydrogens is 321 g/mol. The van der Waals surface area contributed by atoms with Crippen molar-refractivity contribution in [2.45, 2.75) is 43.8 Å². The molecule has 2 fully saturated rings. The van der Waals surface area contributed by atoms with E-state index in [1.165, 1.54) is 12.1 Å². The normalized spacial score (nSPS) is 20.3. The Kier molecular flexibility index (Phi) is 4.27. The van der Waals surface area contributed by atoms with Gasteiger partial charge in [0.1, 0.15) is 0 Å². The lowest BCUT2D eigenvalue weighted by molar-refractivity contribution is -0.137. The van der Waals surface area contributed by atoms with E-state index in [9.17, 15) is 22.8 Å². The number of hydrogen-bond acceptors (Lipinski definition) is 2. The zero-order valence-electron chi connectivity index (χ0n) is 13.2. The van der Waals surface area contributed by atoms with Gasteiger partial charge in [0, 0.05) is 25.0 Å². The molecule has 24 heavy (non-hydrogen) atoms. The molecule has 130 valence electrons. The first-order valence-electron chi connectivity index (χ1n) is 8.02. The van der Waals surface area contributed by atoms with Gasteiger partial charge in [-0.3, -0.25) is 9.59 Å². The van der Waals surface area contributed by atoms with Crippen LogP contribution in [0.1, 0.15) is 36.8 Å². The topological polar surface area (TPSA) is 49.4 Å². The van der Waals surface area contributed by atoms with Crippen LogP contribution in [0.3, 0.4) is 0 Å². The quantitative estimate of drug-likeness (QED) is 0.899. The molecule has 1 spiro atoms. The highest BCUT2D eigenvalue weighted by atomic mass is 19.4. The van der Waals surface area contributed by atoms with Crippen LogP contribution >= 0.6 is 0 Å². The Labute approximate surface area is 138 Å². The van der Waals surface area contributed by atoms with Crippen LogP contribution in [0.15, 0.2) is 24.3 Å². The molecule has 0 aromatic heterocycles. The smallest absolute Gasteiger partial charge is 0.351 e. The van der Waals surface area contributed by atoms with E-state index in [0.29, 0.717) is 25.1 Å². The third kappa shape index (κ3) is 3.55. The maximum Gasteiger partial charge on any atom is 0.416 e. The minimum Gasteiger partial charge on any atom is -0.351 e. The van der Waals surface area contributed by atoms with Crippen molar-refractivity contribution >= 4 is 11.8 Å². The first-order chi connectivity index (χ1) is 11.3. The van der Waals surface area contributed by atoms with Crippen molar-refractivity contribution in [1.82, 2.24) is 10.2 Å². The fourth-order valence-electron chi connectivity index (χ4n) is 3.43. The molecule has 4 nitrogen and oxygen atoms in total. The summed E-state index contributed by atoms with van der Waals surface area (Å²) in [6, 6.07) is 4.70. The molecule has 2 aliphatic rings. The zero-order valence-corrected chi connectivity index (χ0v) is 13.2. The van der Waals surface area contributed by atoms with Crippen LogP contribution in [-0.4, -0.2) is 35.3 Å². The average molecular weight is 340 g/mol. The van der Waals surface area contributed by atoms with Gasteiger partial charge in [-0.05, 0) is 37.0 Å². The lowest BCUT2D eigenvalue weighted by Gasteiger charge is -2.39. The van der Waals surface area contributed by atoms with E-state index >= 15 is 0 Å². The second kappa shape index (κ2) is 6.11. The molecule has 0 bridgehead atoms. The number of nitrogens with zero attached hydrogens (tertiary/aromatic N) is 1. The highest BCUT2D eigenvalue weighted by molar-refractivity contribution is 5.80. The number of amides is 2. The third-order valence-electron chi connectivity index (χ3n) is 4.95. The molecular formula is C17H19F3N2O2. The van der Waals surface area contributed by atoms with Crippen molar-refractivity contribution < 1.29 is 22.8 Å². The minimum absolute atomic E-state index is 0.0690. The number of carbonyl (C=O) groups is 2. The molecule has 0 unspecified atom stereocenters. The van der Waals surface area contributed by atoms with Gasteiger partial charge in [0.15, 0.2) is 0 Å². The standard InChI is InChI=1S/C17H19F3N2O2/c18-17(19,20)13-3-1-12(2-4-13)11-15(24)22-9-7-16(8-10-22)6-5-14(23)21-16/h1-4H,5-11H2,(H,21,23). The lowest BCUT2D eigenvalue weighted by Crippen LogP contribution is -2.52. The Morgan fingerprint density at radius 2 is 1.75 bits per heavy atom. The molecule has 0 radical (unpaired) electrons. The Balaban J connectivity index is 1.55. The van der Waals surface area contributed by atoms with Crippen molar-refractivity contribution in [2.75, 3.05) is 13.1 Å². The maximum atomic E-state index is 12.5. The van der Waals surface area contributed by atoms with Crippen LogP contribution < -0.4 is 5.32 Å². The van der Waals surface area contributed by atoms with Gasteiger partial charge in [0.2, 0.25) is 11.8 Å². The Morgan fingerprint density at radius 3 is 2.25 bits per heavy atom. The molecule has 2 aliphatic heterocycles. The van der Waals surface area contributed by atoms with Gasteiger partial charge in [-0.15, -0.1) is 0 Å². The molecule has 7 heteroatoms. The van der Waals surface area contributed by atoms with E-state index in [0.717, 1.165) is 31.4 Å². The summed E-state index contributed by atoms with van der Waals surface area (Å²) in [6.07, 6.45) is -1.45. The van der Waals surface area contributed by atoms with Crippen LogP contribution in [0.2, 0.25) is 0 Å². The lowest BCUT2D eigenvalue weighted by atomic mass is 9.86. The molecule has 2 saturated heterocycles. The van der Waals surface area contributed by atoms with Crippen molar-refractivity contribution in [3.05, 3.63) is 35.4 Å². The largest absolute Gasteiger partial charge is 0.416 e. The van der Waals surface area contributed by atoms with Crippen LogP contribution in [-0.2, 0) is 22.2 Å². The Morgan fingerprint density at radius 1 is 1.12 bits per heavy atom. The van der Waals surface area contributed by atoms with E-state index in [2.05, 4.69) is 5.32 Å². The highest BCUT2D eigenvalue weighted by Crippen LogP contribution is 2.32. The summed E-state index contributed by atoms with van der Waals surface area (Å²) in [5, 5.41) is 3.02. The zero-order chi connectivity index (χ0) is 17.4. The monoisotopic (exact) mass is 340 g/mol. The molecule has 1 aromatic rings. The second-order valence-electron chi connectivity index (χ2n) is 6.58. The van der Waals surface area contributed by atoms with Gasteiger partial charge < -0.3 is 10.2 Å². The van der Waals surface area contributed by atoms with Crippen molar-refractivity contribution in [1.29, 1.82) is 0 Å². The number of rotatable bonds is 2. The molecule has 1 aromatic carbocycles. The summed E-state index contributed by atoms with van der Waals surface area (Å²) >= 11 is 0. The minimum atomic E-state index is -4.37. The van der Waals surface area contributed by atoms with E-state index < -0.39 is 11.7 Å². The fraction of sp³-hybridized carbons (Fsp3) is 0.529. The van der Waals surface area contributed by atoms with Crippen molar-refractivity contribution in [3.63, 3.8) is 0 Å². The van der Waals surface area contributed by atoms with Gasteiger partial charge in [-0.25, -0.2) is 0 Å². The predicted molar refractivity (Wildman–Crippen MR) is 81.1 cm³/mol. The van der Waals surface area contributed by atoms with Crippen molar-refractivity contribution in [2.24, 2.45) is 0 Å². The molecule has 0 atom stereocenters. The molecule has 1 N–H and O–H groups in total. The van der Waals surface area contributed by atoms with Crippen LogP contribution in [0, 0.1) is 0 Å². The SMILES string of the molecule is O=C1CCC2(CCN(C(=O)Cc3ccc(C(F)(F)F)cc3)CC2)N1. The van der Waals surface area contributed by atoms with E-state index in [1.807, 2.05) is 0 Å². The first kappa shape index (κ1) is 16.8. The number of carbonyl (C=O) groups excluding carboxylic acids is 2. The molecule has 0 saturated carbocycles. The summed E-state index contributed by atoms with van der Waals surface area (Å²) < 4.78 is 37.6. The Hall–Kier alpha value is -2.05. The number of halogens is 3. The van der Waals surface area contributed by atoms with Crippen LogP contribution in [0.5, 0.6) is 0 Å². The van der Waals surface area contributed by atoms with Gasteiger partial charge in [0.05, 0.1) is 12.0 Å². The summed E-state index contributed by atoms with van der Waals surface area (Å²) in [4.78, 5) is 25.5. The van der Waals surface area contributed by atoms with E-state index in [1.54, 1.807) is 4.90 Å². The number of likely N-dealkylation sites (tertiary alicyclic amines) is 1. The maximum absolute atomic E-state index is 12.5. The van der Waals surface area contributed by atoms with Crippen molar-refractivity contribution in [3.8, 4) is 0 Å². The van der Waals surface area contributed by atoms with E-state index in [4.69, 9.17) is 0 Å². The summed E-state index contributed by atoms with van der Waals surface area (Å²) in [6.45, 7) is 1.14. The Bertz CT molecular complexity index is 632. The number of nitrogens with one attached hydrogen (secondary N) is 1. The second-order valence-corrected chi connectivity index (χ2v) is 6.58. The average Bonchev–Trinajstić information content (AvgIpc) is 2.88. The molecule has 2 amide bonds. The number of benzene rings is 1. The fourth-order valence-corrected chi connectivity index (χ4v) is 3.43. The summed E-state index contributed by atoms with van der Waals surface area (Å²) in [7, 11) is 0. The molecule has 3 rings (SSSR count). The van der Waals surface area contributed by atoms with E-state index in [-0.39, 0.29) is 23.8 Å². The third-order valence-corrected chi connectivity index (χ3v) is 4.95. The van der Waals surface area contributed by atoms with Gasteiger partial charge in [-0.2, -0.15) is 13.2 Å². The number of piperidine rings is 1. The number of alkyl halides is 3. The van der Waals surface area contributed by atoms with Crippen LogP contribution in [0.25, 0.3) is 0 Å². The van der Waals surface area contributed by atoms with Gasteiger partial charge in [-0.1, -0.05) is 12.1 Å². The van der Waals surface area contributed by atoms with Gasteiger partial charge >= 0.3 is 6.18 Å². The highest BCUT2D eigenvalue weighted by Gasteiger charge is 2.40. The summed E-state index contributed by atoms with van der Waals surface area (Å²) in [5.41, 5.74) is -0.305. The van der Waals surface area contributed by atoms with Crippen LogP contribution in [0.4, 0.5) is 13.2 Å².